The van der Waals surface area contributed by atoms with E-state index >= 15 is 0 Å². The van der Waals surface area contributed by atoms with E-state index in [2.05, 4.69) is 45.8 Å². The minimum Gasteiger partial charge on any atom is -0.394 e. The van der Waals surface area contributed by atoms with E-state index in [0.29, 0.717) is 34.1 Å². The molecular weight excluding hydrogens is 500 g/mol. The molecule has 0 bridgehead atoms. The highest BCUT2D eigenvalue weighted by Crippen LogP contribution is 2.30. The number of anilines is 3. The van der Waals surface area contributed by atoms with Crippen molar-refractivity contribution in [2.75, 3.05) is 17.2 Å². The molecule has 13 heteroatoms. The molecule has 0 amide bonds. The first-order chi connectivity index (χ1) is 19.1. The lowest BCUT2D eigenvalue weighted by Crippen LogP contribution is -2.17. The highest BCUT2D eigenvalue weighted by atomic mass is 16.5. The van der Waals surface area contributed by atoms with Crippen LogP contribution in [0.1, 0.15) is 11.6 Å². The molecule has 5 heterocycles. The number of hydrogen-bond acceptors (Lipinski definition) is 11. The van der Waals surface area contributed by atoms with Gasteiger partial charge in [0.15, 0.2) is 5.65 Å². The molecule has 0 aliphatic heterocycles. The number of nitrogens with zero attached hydrogens (tertiary/aromatic N) is 7. The minimum absolute atomic E-state index is 0.192. The van der Waals surface area contributed by atoms with Crippen LogP contribution in [-0.4, -0.2) is 51.6 Å². The zero-order chi connectivity index (χ0) is 26.8. The first-order valence-electron chi connectivity index (χ1n) is 12.0. The van der Waals surface area contributed by atoms with Crippen LogP contribution in [0.25, 0.3) is 33.9 Å². The number of hydrogen-bond donors (Lipinski definition) is 4. The van der Waals surface area contributed by atoms with Crippen LogP contribution in [0.2, 0.25) is 0 Å². The Kier molecular flexibility index (Phi) is 6.23. The molecule has 0 radical (unpaired) electrons. The van der Waals surface area contributed by atoms with Gasteiger partial charge < -0.3 is 20.3 Å². The summed E-state index contributed by atoms with van der Waals surface area (Å²) in [7, 11) is 1.71. The summed E-state index contributed by atoms with van der Waals surface area (Å²) in [6.07, 6.45) is 4.83. The van der Waals surface area contributed by atoms with Crippen molar-refractivity contribution in [1.29, 1.82) is 0 Å². The summed E-state index contributed by atoms with van der Waals surface area (Å²) < 4.78 is 7.10. The Morgan fingerprint density at radius 2 is 1.87 bits per heavy atom. The van der Waals surface area contributed by atoms with Gasteiger partial charge in [-0.1, -0.05) is 35.5 Å². The normalized spacial score (nSPS) is 11.9. The molecule has 13 nitrogen and oxygen atoms in total. The Labute approximate surface area is 220 Å². The van der Waals surface area contributed by atoms with Crippen LogP contribution in [0.5, 0.6) is 0 Å². The lowest BCUT2D eigenvalue weighted by molar-refractivity contribution is 0.276. The predicted octanol–water partition coefficient (Wildman–Crippen LogP) is 3.05. The highest BCUT2D eigenvalue weighted by molar-refractivity contribution is 5.77. The van der Waals surface area contributed by atoms with Gasteiger partial charge >= 0.3 is 0 Å². The average molecular weight is 523 g/mol. The number of rotatable bonds is 8. The summed E-state index contributed by atoms with van der Waals surface area (Å²) in [5.74, 6) is 1.61. The summed E-state index contributed by atoms with van der Waals surface area (Å²) in [5, 5.41) is 23.8. The Bertz CT molecular complexity index is 1800. The van der Waals surface area contributed by atoms with Crippen LogP contribution in [-0.2, 0) is 7.05 Å². The molecule has 6 rings (SSSR count). The molecule has 0 aliphatic rings. The zero-order valence-corrected chi connectivity index (χ0v) is 20.6. The van der Waals surface area contributed by atoms with Crippen molar-refractivity contribution in [2.45, 2.75) is 6.04 Å². The number of aromatic nitrogens is 8. The highest BCUT2D eigenvalue weighted by Gasteiger charge is 2.20. The standard InChI is InChI=1S/C26H22N10O3/c1-36-23-17(24(38)34-36)7-8-20(30-23)31-26-28-13-18(25-32-21(35-39-25)16-9-11-27-12-10-16)22(33-26)29-19(14-37)15-5-3-2-4-6-15/h2-13,19,37H,14H2,1H3,(H,34,38)(H2,28,29,30,31,33)/t19-/m1/s1. The van der Waals surface area contributed by atoms with E-state index in [-0.39, 0.29) is 24.0 Å². The molecule has 6 aromatic rings. The maximum atomic E-state index is 12.0. The number of nitrogens with one attached hydrogen (secondary N) is 3. The lowest BCUT2D eigenvalue weighted by atomic mass is 10.1. The first kappa shape index (κ1) is 23.9. The van der Waals surface area contributed by atoms with Gasteiger partial charge in [0.2, 0.25) is 11.8 Å². The van der Waals surface area contributed by atoms with Gasteiger partial charge in [-0.2, -0.15) is 9.97 Å². The molecule has 0 saturated carbocycles. The number of aliphatic hydroxyl groups is 1. The first-order valence-corrected chi connectivity index (χ1v) is 12.0. The smallest absolute Gasteiger partial charge is 0.273 e. The lowest BCUT2D eigenvalue weighted by Gasteiger charge is -2.19. The van der Waals surface area contributed by atoms with Gasteiger partial charge in [-0.15, -0.1) is 0 Å². The summed E-state index contributed by atoms with van der Waals surface area (Å²) in [6.45, 7) is -0.192. The molecule has 0 saturated heterocycles. The number of benzene rings is 1. The summed E-state index contributed by atoms with van der Waals surface area (Å²) in [5.41, 5.74) is 2.31. The molecule has 4 N–H and O–H groups in total. The topological polar surface area (TPSA) is 173 Å². The van der Waals surface area contributed by atoms with E-state index in [9.17, 15) is 9.90 Å². The SMILES string of the molecule is Cn1[nH]c(=O)c2ccc(Nc3ncc(-c4nc(-c5ccncc5)no4)c(N[C@H](CO)c4ccccc4)n3)nc21. The molecule has 39 heavy (non-hydrogen) atoms. The fourth-order valence-corrected chi connectivity index (χ4v) is 4.08. The van der Waals surface area contributed by atoms with Crippen LogP contribution in [0.15, 0.2) is 82.5 Å². The molecule has 0 unspecified atom stereocenters. The van der Waals surface area contributed by atoms with Crippen LogP contribution in [0.4, 0.5) is 17.6 Å². The molecule has 0 aliphatic carbocycles. The van der Waals surface area contributed by atoms with E-state index in [1.807, 2.05) is 30.3 Å². The second-order valence-electron chi connectivity index (χ2n) is 8.60. The van der Waals surface area contributed by atoms with Gasteiger partial charge in [0.05, 0.1) is 18.0 Å². The van der Waals surface area contributed by atoms with Gasteiger partial charge in [-0.3, -0.25) is 19.6 Å². The van der Waals surface area contributed by atoms with E-state index < -0.39 is 6.04 Å². The number of H-pyrrole nitrogens is 1. The van der Waals surface area contributed by atoms with E-state index in [1.165, 1.54) is 0 Å². The van der Waals surface area contributed by atoms with Crippen LogP contribution in [0.3, 0.4) is 0 Å². The van der Waals surface area contributed by atoms with Crippen LogP contribution in [0, 0.1) is 0 Å². The Hall–Kier alpha value is -5.43. The summed E-state index contributed by atoms with van der Waals surface area (Å²) in [4.78, 5) is 34.1. The zero-order valence-electron chi connectivity index (χ0n) is 20.6. The van der Waals surface area contributed by atoms with Gasteiger partial charge in [0.25, 0.3) is 11.4 Å². The number of aliphatic hydroxyl groups excluding tert-OH is 1. The van der Waals surface area contributed by atoms with Crippen molar-refractivity contribution in [3.63, 3.8) is 0 Å². The maximum Gasteiger partial charge on any atom is 0.273 e. The molecule has 0 spiro atoms. The van der Waals surface area contributed by atoms with Crippen molar-refractivity contribution in [1.82, 2.24) is 39.9 Å². The minimum atomic E-state index is -0.473. The fraction of sp³-hybridized carbons (Fsp3) is 0.115. The van der Waals surface area contributed by atoms with Crippen molar-refractivity contribution in [3.8, 4) is 22.8 Å². The molecule has 5 aromatic heterocycles. The van der Waals surface area contributed by atoms with E-state index in [4.69, 9.17) is 4.52 Å². The van der Waals surface area contributed by atoms with Crippen molar-refractivity contribution >= 4 is 28.6 Å². The van der Waals surface area contributed by atoms with E-state index in [0.717, 1.165) is 11.1 Å². The van der Waals surface area contributed by atoms with Crippen LogP contribution >= 0.6 is 0 Å². The molecular formula is C26H22N10O3. The van der Waals surface area contributed by atoms with Crippen molar-refractivity contribution in [3.05, 3.63) is 89.1 Å². The van der Waals surface area contributed by atoms with Crippen molar-refractivity contribution < 1.29 is 9.63 Å². The molecule has 194 valence electrons. The summed E-state index contributed by atoms with van der Waals surface area (Å²) >= 11 is 0. The van der Waals surface area contributed by atoms with Gasteiger partial charge in [0, 0.05) is 31.2 Å². The molecule has 0 fully saturated rings. The molecule has 1 aromatic carbocycles. The van der Waals surface area contributed by atoms with E-state index in [1.54, 1.807) is 54.6 Å². The molecule has 1 atom stereocenters. The second kappa shape index (κ2) is 10.1. The third-order valence-electron chi connectivity index (χ3n) is 6.03. The van der Waals surface area contributed by atoms with Gasteiger partial charge in [0.1, 0.15) is 17.2 Å². The Morgan fingerprint density at radius 1 is 1.05 bits per heavy atom. The summed E-state index contributed by atoms with van der Waals surface area (Å²) in [6, 6.07) is 15.9. The monoisotopic (exact) mass is 522 g/mol. The quantitative estimate of drug-likeness (QED) is 0.231. The number of pyridine rings is 2. The third-order valence-corrected chi connectivity index (χ3v) is 6.03. The third kappa shape index (κ3) is 4.81. The predicted molar refractivity (Wildman–Crippen MR) is 143 cm³/mol. The average Bonchev–Trinajstić information content (AvgIpc) is 3.57. The Balaban J connectivity index is 1.38. The maximum absolute atomic E-state index is 12.0. The number of aromatic amines is 1. The largest absolute Gasteiger partial charge is 0.394 e. The van der Waals surface area contributed by atoms with Crippen molar-refractivity contribution in [2.24, 2.45) is 7.05 Å². The number of fused-ring (bicyclic) bond motifs is 1. The van der Waals surface area contributed by atoms with Gasteiger partial charge in [-0.05, 0) is 29.8 Å². The second-order valence-corrected chi connectivity index (χ2v) is 8.60. The fourth-order valence-electron chi connectivity index (χ4n) is 4.08. The Morgan fingerprint density at radius 3 is 2.67 bits per heavy atom. The van der Waals surface area contributed by atoms with Gasteiger partial charge in [-0.25, -0.2) is 9.97 Å². The van der Waals surface area contributed by atoms with Crippen LogP contribution < -0.4 is 16.2 Å². The number of aryl methyl sites for hydroxylation is 1.